The number of hydrogen-bond acceptors (Lipinski definition) is 3. The van der Waals surface area contributed by atoms with E-state index in [1.54, 1.807) is 0 Å². The summed E-state index contributed by atoms with van der Waals surface area (Å²) in [6.07, 6.45) is 6.42. The molecule has 88 valence electrons. The summed E-state index contributed by atoms with van der Waals surface area (Å²) in [7, 11) is -2.83. The lowest BCUT2D eigenvalue weighted by Crippen LogP contribution is -2.21. The molecule has 0 aromatic heterocycles. The van der Waals surface area contributed by atoms with E-state index in [0.717, 1.165) is 6.42 Å². The van der Waals surface area contributed by atoms with Crippen LogP contribution in [-0.4, -0.2) is 30.4 Å². The van der Waals surface area contributed by atoms with Crippen LogP contribution in [0.15, 0.2) is 12.2 Å². The van der Waals surface area contributed by atoms with E-state index in [2.05, 4.69) is 32.9 Å². The third-order valence-corrected chi connectivity index (χ3v) is 5.47. The summed E-state index contributed by atoms with van der Waals surface area (Å²) in [6.45, 7) is 6.52. The third-order valence-electron chi connectivity index (χ3n) is 2.67. The first-order valence-electron chi connectivity index (χ1n) is 5.27. The average Bonchev–Trinajstić information content (AvgIpc) is 2.45. The molecule has 0 aromatic carbocycles. The van der Waals surface area contributed by atoms with Gasteiger partial charge in [0.1, 0.15) is 9.84 Å². The van der Waals surface area contributed by atoms with Gasteiger partial charge in [-0.15, -0.1) is 11.8 Å². The topological polar surface area (TPSA) is 34.1 Å². The zero-order valence-electron chi connectivity index (χ0n) is 9.86. The summed E-state index contributed by atoms with van der Waals surface area (Å²) < 4.78 is 22.2. The van der Waals surface area contributed by atoms with Gasteiger partial charge in [-0.2, -0.15) is 0 Å². The Labute approximate surface area is 97.4 Å². The number of sulfone groups is 1. The first-order valence-corrected chi connectivity index (χ1v) is 8.21. The SMILES string of the molecule is CC(C)C1C=CC(C)(CCS(C)(=O)=O)S1. The summed E-state index contributed by atoms with van der Waals surface area (Å²) in [5, 5.41) is 0.537. The van der Waals surface area contributed by atoms with Gasteiger partial charge in [-0.05, 0) is 19.3 Å². The quantitative estimate of drug-likeness (QED) is 0.717. The molecule has 1 rings (SSSR count). The van der Waals surface area contributed by atoms with Gasteiger partial charge in [0.05, 0.1) is 5.75 Å². The van der Waals surface area contributed by atoms with Crippen molar-refractivity contribution in [3.8, 4) is 0 Å². The molecule has 0 bridgehead atoms. The third kappa shape index (κ3) is 4.19. The molecule has 1 heterocycles. The highest BCUT2D eigenvalue weighted by molar-refractivity contribution is 8.01. The molecule has 2 unspecified atom stereocenters. The minimum absolute atomic E-state index is 0.0119. The molecule has 0 radical (unpaired) electrons. The molecule has 0 N–H and O–H groups in total. The summed E-state index contributed by atoms with van der Waals surface area (Å²) in [4.78, 5) is 0. The van der Waals surface area contributed by atoms with Crippen LogP contribution >= 0.6 is 11.8 Å². The second kappa shape index (κ2) is 4.50. The van der Waals surface area contributed by atoms with Crippen LogP contribution in [0, 0.1) is 5.92 Å². The molecule has 0 aromatic rings. The van der Waals surface area contributed by atoms with E-state index < -0.39 is 9.84 Å². The van der Waals surface area contributed by atoms with Crippen LogP contribution in [0.3, 0.4) is 0 Å². The second-order valence-corrected chi connectivity index (χ2v) is 8.85. The number of rotatable bonds is 4. The molecule has 0 saturated heterocycles. The fraction of sp³-hybridized carbons (Fsp3) is 0.818. The molecule has 15 heavy (non-hydrogen) atoms. The lowest BCUT2D eigenvalue weighted by atomic mass is 10.1. The van der Waals surface area contributed by atoms with E-state index in [9.17, 15) is 8.42 Å². The van der Waals surface area contributed by atoms with Gasteiger partial charge in [0.25, 0.3) is 0 Å². The van der Waals surface area contributed by atoms with E-state index in [-0.39, 0.29) is 10.5 Å². The predicted octanol–water partition coefficient (Wildman–Crippen LogP) is 2.51. The van der Waals surface area contributed by atoms with Gasteiger partial charge >= 0.3 is 0 Å². The van der Waals surface area contributed by atoms with Crippen LogP contribution in [0.2, 0.25) is 0 Å². The van der Waals surface area contributed by atoms with Crippen LogP contribution in [0.4, 0.5) is 0 Å². The van der Waals surface area contributed by atoms with Crippen LogP contribution < -0.4 is 0 Å². The van der Waals surface area contributed by atoms with Crippen molar-refractivity contribution in [1.29, 1.82) is 0 Å². The molecule has 0 aliphatic carbocycles. The predicted molar refractivity (Wildman–Crippen MR) is 68.1 cm³/mol. The molecule has 0 amide bonds. The van der Waals surface area contributed by atoms with E-state index in [4.69, 9.17) is 0 Å². The minimum Gasteiger partial charge on any atom is -0.229 e. The van der Waals surface area contributed by atoms with Crippen LogP contribution in [0.1, 0.15) is 27.2 Å². The Morgan fingerprint density at radius 1 is 1.47 bits per heavy atom. The zero-order valence-corrected chi connectivity index (χ0v) is 11.5. The van der Waals surface area contributed by atoms with Crippen molar-refractivity contribution >= 4 is 21.6 Å². The van der Waals surface area contributed by atoms with Crippen LogP contribution in [-0.2, 0) is 9.84 Å². The highest BCUT2D eigenvalue weighted by Gasteiger charge is 2.32. The second-order valence-electron chi connectivity index (χ2n) is 4.88. The Hall–Kier alpha value is 0.0400. The first kappa shape index (κ1) is 13.1. The van der Waals surface area contributed by atoms with Gasteiger partial charge in [0.2, 0.25) is 0 Å². The van der Waals surface area contributed by atoms with Crippen molar-refractivity contribution in [2.45, 2.75) is 37.2 Å². The van der Waals surface area contributed by atoms with Crippen molar-refractivity contribution < 1.29 is 8.42 Å². The van der Waals surface area contributed by atoms with Gasteiger partial charge in [0, 0.05) is 16.3 Å². The summed E-state index contributed by atoms with van der Waals surface area (Å²) >= 11 is 1.89. The first-order chi connectivity index (χ1) is 6.72. The molecule has 0 spiro atoms. The van der Waals surface area contributed by atoms with Gasteiger partial charge in [-0.1, -0.05) is 26.0 Å². The van der Waals surface area contributed by atoms with E-state index in [1.165, 1.54) is 6.26 Å². The Morgan fingerprint density at radius 3 is 2.47 bits per heavy atom. The minimum atomic E-state index is -2.83. The highest BCUT2D eigenvalue weighted by atomic mass is 32.2. The monoisotopic (exact) mass is 248 g/mol. The molecule has 2 atom stereocenters. The maximum atomic E-state index is 11.1. The normalized spacial score (nSPS) is 31.4. The fourth-order valence-electron chi connectivity index (χ4n) is 1.58. The van der Waals surface area contributed by atoms with Crippen molar-refractivity contribution in [2.75, 3.05) is 12.0 Å². The zero-order chi connectivity index (χ0) is 11.7. The smallest absolute Gasteiger partial charge is 0.147 e. The number of hydrogen-bond donors (Lipinski definition) is 0. The molecular weight excluding hydrogens is 228 g/mol. The molecular formula is C11H20O2S2. The Balaban J connectivity index is 2.54. The maximum Gasteiger partial charge on any atom is 0.147 e. The summed E-state index contributed by atoms with van der Waals surface area (Å²) in [5.74, 6) is 0.900. The van der Waals surface area contributed by atoms with Gasteiger partial charge in [0.15, 0.2) is 0 Å². The van der Waals surface area contributed by atoms with Crippen molar-refractivity contribution in [3.63, 3.8) is 0 Å². The molecule has 2 nitrogen and oxygen atoms in total. The Kier molecular flexibility index (Phi) is 3.93. The van der Waals surface area contributed by atoms with Crippen LogP contribution in [0.25, 0.3) is 0 Å². The van der Waals surface area contributed by atoms with Crippen molar-refractivity contribution in [2.24, 2.45) is 5.92 Å². The van der Waals surface area contributed by atoms with E-state index in [0.29, 0.717) is 11.2 Å². The lowest BCUT2D eigenvalue weighted by Gasteiger charge is -2.24. The van der Waals surface area contributed by atoms with Crippen molar-refractivity contribution in [3.05, 3.63) is 12.2 Å². The Morgan fingerprint density at radius 2 is 2.07 bits per heavy atom. The molecule has 4 heteroatoms. The van der Waals surface area contributed by atoms with Gasteiger partial charge < -0.3 is 0 Å². The molecule has 0 saturated carbocycles. The lowest BCUT2D eigenvalue weighted by molar-refractivity contribution is 0.595. The average molecular weight is 248 g/mol. The highest BCUT2D eigenvalue weighted by Crippen LogP contribution is 2.42. The standard InChI is InChI=1S/C11H20O2S2/c1-9(2)10-5-6-11(3,14-10)7-8-15(4,12)13/h5-6,9-10H,7-8H2,1-4H3. The van der Waals surface area contributed by atoms with Gasteiger partial charge in [-0.25, -0.2) is 8.42 Å². The molecule has 1 aliphatic rings. The Bertz CT molecular complexity index is 344. The van der Waals surface area contributed by atoms with Gasteiger partial charge in [-0.3, -0.25) is 0 Å². The van der Waals surface area contributed by atoms with Crippen LogP contribution in [0.5, 0.6) is 0 Å². The largest absolute Gasteiger partial charge is 0.229 e. The molecule has 0 fully saturated rings. The van der Waals surface area contributed by atoms with Crippen molar-refractivity contribution in [1.82, 2.24) is 0 Å². The number of thioether (sulfide) groups is 1. The van der Waals surface area contributed by atoms with E-state index in [1.807, 2.05) is 11.8 Å². The maximum absolute atomic E-state index is 11.1. The van der Waals surface area contributed by atoms with E-state index >= 15 is 0 Å². The summed E-state index contributed by atoms with van der Waals surface area (Å²) in [5.41, 5.74) is 0. The summed E-state index contributed by atoms with van der Waals surface area (Å²) in [6, 6.07) is 0. The fourth-order valence-corrected chi connectivity index (χ4v) is 3.93. The molecule has 1 aliphatic heterocycles.